The lowest BCUT2D eigenvalue weighted by Gasteiger charge is -2.29. The van der Waals surface area contributed by atoms with Crippen molar-refractivity contribution in [1.29, 1.82) is 0 Å². The van der Waals surface area contributed by atoms with Gasteiger partial charge in [-0.15, -0.1) is 0 Å². The van der Waals surface area contributed by atoms with Crippen LogP contribution in [0.1, 0.15) is 47.2 Å². The molecule has 0 aromatic heterocycles. The molecule has 0 radical (unpaired) electrons. The molecule has 0 fully saturated rings. The van der Waals surface area contributed by atoms with Crippen molar-refractivity contribution in [2.75, 3.05) is 0 Å². The van der Waals surface area contributed by atoms with Crippen LogP contribution < -0.4 is 0 Å². The van der Waals surface area contributed by atoms with Crippen LogP contribution in [-0.2, 0) is 23.7 Å². The molecule has 7 rings (SSSR count). The van der Waals surface area contributed by atoms with Crippen LogP contribution in [-0.4, -0.2) is 0 Å². The smallest absolute Gasteiger partial charge is 0.0227 e. The zero-order chi connectivity index (χ0) is 24.3. The zero-order valence-corrected chi connectivity index (χ0v) is 21.0. The third kappa shape index (κ3) is 3.00. The predicted octanol–water partition coefficient (Wildman–Crippen LogP) is 8.74. The van der Waals surface area contributed by atoms with E-state index >= 15 is 0 Å². The molecule has 5 aromatic carbocycles. The van der Waals surface area contributed by atoms with E-state index in [-0.39, 0.29) is 10.8 Å². The Labute approximate surface area is 214 Å². The quantitative estimate of drug-likeness (QED) is 0.250. The van der Waals surface area contributed by atoms with E-state index in [4.69, 9.17) is 0 Å². The summed E-state index contributed by atoms with van der Waals surface area (Å²) in [6.45, 7) is 4.83. The van der Waals surface area contributed by atoms with E-state index in [0.717, 1.165) is 12.8 Å². The molecule has 0 amide bonds. The van der Waals surface area contributed by atoms with Gasteiger partial charge in [-0.25, -0.2) is 0 Å². The molecular formula is C36H30. The molecule has 0 N–H and O–H groups in total. The van der Waals surface area contributed by atoms with Gasteiger partial charge in [-0.05, 0) is 68.5 Å². The molecule has 0 unspecified atom stereocenters. The van der Waals surface area contributed by atoms with Gasteiger partial charge in [-0.1, -0.05) is 135 Å². The van der Waals surface area contributed by atoms with Gasteiger partial charge >= 0.3 is 0 Å². The molecule has 174 valence electrons. The first kappa shape index (κ1) is 21.4. The minimum absolute atomic E-state index is 0.00991. The van der Waals surface area contributed by atoms with Gasteiger partial charge in [-0.3, -0.25) is 0 Å². The van der Waals surface area contributed by atoms with Crippen molar-refractivity contribution >= 4 is 0 Å². The molecule has 5 aromatic rings. The fourth-order valence-corrected chi connectivity index (χ4v) is 7.06. The van der Waals surface area contributed by atoms with Gasteiger partial charge < -0.3 is 0 Å². The number of benzene rings is 5. The molecule has 2 aliphatic carbocycles. The first-order valence-electron chi connectivity index (χ1n) is 13.0. The minimum atomic E-state index is -0.00991. The van der Waals surface area contributed by atoms with Crippen LogP contribution >= 0.6 is 0 Å². The second-order valence-corrected chi connectivity index (χ2v) is 11.0. The van der Waals surface area contributed by atoms with Crippen LogP contribution in [0, 0.1) is 0 Å². The van der Waals surface area contributed by atoms with E-state index in [0.29, 0.717) is 0 Å². The number of hydrogen-bond donors (Lipinski definition) is 0. The maximum Gasteiger partial charge on any atom is 0.0227 e. The summed E-state index contributed by atoms with van der Waals surface area (Å²) in [6, 6.07) is 45.2. The van der Waals surface area contributed by atoms with Gasteiger partial charge in [0.15, 0.2) is 0 Å². The topological polar surface area (TPSA) is 0 Å². The van der Waals surface area contributed by atoms with Crippen LogP contribution in [0.15, 0.2) is 121 Å². The Hall–Kier alpha value is -3.90. The van der Waals surface area contributed by atoms with Crippen LogP contribution in [0.3, 0.4) is 0 Å². The molecule has 0 heterocycles. The summed E-state index contributed by atoms with van der Waals surface area (Å²) < 4.78 is 0. The van der Waals surface area contributed by atoms with Gasteiger partial charge in [0.1, 0.15) is 0 Å². The average molecular weight is 463 g/mol. The highest BCUT2D eigenvalue weighted by Crippen LogP contribution is 2.51. The fourth-order valence-electron chi connectivity index (χ4n) is 7.06. The first-order valence-corrected chi connectivity index (χ1v) is 13.0. The summed E-state index contributed by atoms with van der Waals surface area (Å²) in [6.07, 6.45) is 2.01. The van der Waals surface area contributed by atoms with E-state index in [1.165, 1.54) is 55.6 Å². The number of fused-ring (bicyclic) bond motifs is 6. The minimum Gasteiger partial charge on any atom is -0.0619 e. The van der Waals surface area contributed by atoms with E-state index in [1.807, 2.05) is 0 Å². The zero-order valence-electron chi connectivity index (χ0n) is 21.0. The predicted molar refractivity (Wildman–Crippen MR) is 151 cm³/mol. The number of rotatable bonds is 4. The molecule has 0 atom stereocenters. The van der Waals surface area contributed by atoms with Crippen LogP contribution in [0.5, 0.6) is 0 Å². The lowest BCUT2D eigenvalue weighted by molar-refractivity contribution is 0.577. The maximum absolute atomic E-state index is 2.42. The van der Waals surface area contributed by atoms with Crippen molar-refractivity contribution < 1.29 is 0 Å². The molecule has 0 bridgehead atoms. The van der Waals surface area contributed by atoms with Gasteiger partial charge in [0.2, 0.25) is 0 Å². The largest absolute Gasteiger partial charge is 0.0619 e. The highest BCUT2D eigenvalue weighted by Gasteiger charge is 2.40. The molecule has 2 aliphatic rings. The molecule has 0 saturated carbocycles. The molecule has 0 spiro atoms. The Morgan fingerprint density at radius 2 is 0.611 bits per heavy atom. The summed E-state index contributed by atoms with van der Waals surface area (Å²) >= 11 is 0. The standard InChI is InChI=1S/C36H30/c1-35(31-15-7-3-11-27(31)28-12-4-8-16-32(28)35)23-25-19-21-26(22-20-25)24-36(2)33-17-9-5-13-29(33)30-14-6-10-18-34(30)36/h3-22H,23-24H2,1-2H3. The van der Waals surface area contributed by atoms with E-state index in [2.05, 4.69) is 135 Å². The summed E-state index contributed by atoms with van der Waals surface area (Å²) in [5, 5.41) is 0. The highest BCUT2D eigenvalue weighted by atomic mass is 14.4. The van der Waals surface area contributed by atoms with E-state index in [9.17, 15) is 0 Å². The second kappa shape index (κ2) is 7.80. The van der Waals surface area contributed by atoms with Gasteiger partial charge in [-0.2, -0.15) is 0 Å². The third-order valence-corrected chi connectivity index (χ3v) is 8.80. The third-order valence-electron chi connectivity index (χ3n) is 8.80. The molecule has 0 heteroatoms. The Bertz CT molecular complexity index is 1390. The SMILES string of the molecule is CC1(Cc2ccc(CC3(C)c4ccccc4-c4ccccc43)cc2)c2ccccc2-c2ccccc21. The van der Waals surface area contributed by atoms with Crippen molar-refractivity contribution in [3.05, 3.63) is 155 Å². The average Bonchev–Trinajstić information content (AvgIpc) is 3.33. The van der Waals surface area contributed by atoms with Crippen molar-refractivity contribution in [2.45, 2.75) is 37.5 Å². The lowest BCUT2D eigenvalue weighted by atomic mass is 9.74. The lowest BCUT2D eigenvalue weighted by Crippen LogP contribution is -2.24. The van der Waals surface area contributed by atoms with Crippen LogP contribution in [0.4, 0.5) is 0 Å². The summed E-state index contributed by atoms with van der Waals surface area (Å²) in [4.78, 5) is 0. The van der Waals surface area contributed by atoms with Crippen LogP contribution in [0.2, 0.25) is 0 Å². The number of hydrogen-bond acceptors (Lipinski definition) is 0. The second-order valence-electron chi connectivity index (χ2n) is 11.0. The van der Waals surface area contributed by atoms with Gasteiger partial charge in [0.05, 0.1) is 0 Å². The van der Waals surface area contributed by atoms with Crippen LogP contribution in [0.25, 0.3) is 22.3 Å². The summed E-state index contributed by atoms with van der Waals surface area (Å²) in [5.41, 5.74) is 14.1. The van der Waals surface area contributed by atoms with E-state index in [1.54, 1.807) is 0 Å². The van der Waals surface area contributed by atoms with E-state index < -0.39 is 0 Å². The molecule has 36 heavy (non-hydrogen) atoms. The summed E-state index contributed by atoms with van der Waals surface area (Å²) in [7, 11) is 0. The van der Waals surface area contributed by atoms with Gasteiger partial charge in [0.25, 0.3) is 0 Å². The Kier molecular flexibility index (Phi) is 4.63. The normalized spacial score (nSPS) is 15.6. The summed E-state index contributed by atoms with van der Waals surface area (Å²) in [5.74, 6) is 0. The Morgan fingerprint density at radius 3 is 0.889 bits per heavy atom. The van der Waals surface area contributed by atoms with Crippen molar-refractivity contribution in [3.63, 3.8) is 0 Å². The van der Waals surface area contributed by atoms with Crippen molar-refractivity contribution in [3.8, 4) is 22.3 Å². The highest BCUT2D eigenvalue weighted by molar-refractivity contribution is 5.82. The molecule has 0 nitrogen and oxygen atoms in total. The maximum atomic E-state index is 2.42. The Morgan fingerprint density at radius 1 is 0.361 bits per heavy atom. The van der Waals surface area contributed by atoms with Crippen molar-refractivity contribution in [2.24, 2.45) is 0 Å². The van der Waals surface area contributed by atoms with Gasteiger partial charge in [0, 0.05) is 10.8 Å². The first-order chi connectivity index (χ1) is 17.6. The molecule has 0 saturated heterocycles. The molecular weight excluding hydrogens is 432 g/mol. The van der Waals surface area contributed by atoms with Crippen molar-refractivity contribution in [1.82, 2.24) is 0 Å². The fraction of sp³-hybridized carbons (Fsp3) is 0.167. The Balaban J connectivity index is 1.22. The monoisotopic (exact) mass is 462 g/mol. The molecule has 0 aliphatic heterocycles.